The number of carbonyl (C=O) groups is 2. The molecular weight excluding hydrogens is 258 g/mol. The van der Waals surface area contributed by atoms with E-state index < -0.39 is 11.9 Å². The van der Waals surface area contributed by atoms with Crippen molar-refractivity contribution in [3.8, 4) is 0 Å². The van der Waals surface area contributed by atoms with Gasteiger partial charge in [-0.1, -0.05) is 13.3 Å². The Morgan fingerprint density at radius 2 is 2.05 bits per heavy atom. The lowest BCUT2D eigenvalue weighted by molar-refractivity contribution is -0.116. The minimum atomic E-state index is -0.501. The minimum absolute atomic E-state index is 0.102. The average Bonchev–Trinajstić information content (AvgIpc) is 2.43. The molecule has 0 atom stereocenters. The normalized spacial score (nSPS) is 10.1. The highest BCUT2D eigenvalue weighted by molar-refractivity contribution is 5.96. The van der Waals surface area contributed by atoms with E-state index in [0.29, 0.717) is 12.2 Å². The van der Waals surface area contributed by atoms with Crippen molar-refractivity contribution in [1.82, 2.24) is 0 Å². The lowest BCUT2D eigenvalue weighted by Gasteiger charge is -2.24. The van der Waals surface area contributed by atoms with Crippen molar-refractivity contribution in [2.45, 2.75) is 19.8 Å². The standard InChI is InChI=1S/C14H21N3O3/c1-3-4-7-17(9-13(16)18)10-5-6-12(15)11(8-10)14(19)20-2/h5-6,8H,3-4,7,9,15H2,1-2H3,(H2,16,18). The van der Waals surface area contributed by atoms with Crippen molar-refractivity contribution in [3.05, 3.63) is 23.8 Å². The molecule has 0 aliphatic rings. The summed E-state index contributed by atoms with van der Waals surface area (Å²) in [5.41, 5.74) is 12.4. The van der Waals surface area contributed by atoms with Crippen molar-refractivity contribution < 1.29 is 14.3 Å². The predicted octanol–water partition coefficient (Wildman–Crippen LogP) is 1.15. The van der Waals surface area contributed by atoms with E-state index in [1.165, 1.54) is 7.11 Å². The molecule has 110 valence electrons. The molecule has 6 heteroatoms. The molecule has 0 fully saturated rings. The van der Waals surface area contributed by atoms with Gasteiger partial charge in [0.05, 0.1) is 19.2 Å². The van der Waals surface area contributed by atoms with Crippen LogP contribution in [0, 0.1) is 0 Å². The zero-order valence-electron chi connectivity index (χ0n) is 11.9. The highest BCUT2D eigenvalue weighted by atomic mass is 16.5. The highest BCUT2D eigenvalue weighted by Gasteiger charge is 2.15. The summed E-state index contributed by atoms with van der Waals surface area (Å²) in [6.07, 6.45) is 1.92. The van der Waals surface area contributed by atoms with E-state index in [0.717, 1.165) is 18.5 Å². The van der Waals surface area contributed by atoms with Crippen molar-refractivity contribution in [2.24, 2.45) is 5.73 Å². The second kappa shape index (κ2) is 7.37. The molecule has 1 amide bonds. The second-order valence-corrected chi connectivity index (χ2v) is 4.50. The molecule has 0 heterocycles. The number of nitrogens with zero attached hydrogens (tertiary/aromatic N) is 1. The van der Waals surface area contributed by atoms with Gasteiger partial charge in [-0.2, -0.15) is 0 Å². The zero-order valence-corrected chi connectivity index (χ0v) is 11.9. The smallest absolute Gasteiger partial charge is 0.340 e. The lowest BCUT2D eigenvalue weighted by Crippen LogP contribution is -2.34. The van der Waals surface area contributed by atoms with Gasteiger partial charge in [0.15, 0.2) is 0 Å². The van der Waals surface area contributed by atoms with Crippen LogP contribution in [0.15, 0.2) is 18.2 Å². The Morgan fingerprint density at radius 3 is 2.60 bits per heavy atom. The van der Waals surface area contributed by atoms with Crippen molar-refractivity contribution in [3.63, 3.8) is 0 Å². The first-order valence-electron chi connectivity index (χ1n) is 6.50. The molecule has 0 aliphatic heterocycles. The number of nitrogen functional groups attached to an aromatic ring is 1. The van der Waals surface area contributed by atoms with Gasteiger partial charge in [0, 0.05) is 17.9 Å². The lowest BCUT2D eigenvalue weighted by atomic mass is 10.1. The number of hydrogen-bond donors (Lipinski definition) is 2. The van der Waals surface area contributed by atoms with E-state index >= 15 is 0 Å². The number of carbonyl (C=O) groups excluding carboxylic acids is 2. The van der Waals surface area contributed by atoms with Gasteiger partial charge < -0.3 is 21.1 Å². The predicted molar refractivity (Wildman–Crippen MR) is 78.5 cm³/mol. The van der Waals surface area contributed by atoms with Gasteiger partial charge in [-0.05, 0) is 24.6 Å². The van der Waals surface area contributed by atoms with Crippen LogP contribution < -0.4 is 16.4 Å². The first-order chi connectivity index (χ1) is 9.49. The molecular formula is C14H21N3O3. The van der Waals surface area contributed by atoms with Gasteiger partial charge in [-0.25, -0.2) is 4.79 Å². The van der Waals surface area contributed by atoms with Crippen LogP contribution in [-0.2, 0) is 9.53 Å². The van der Waals surface area contributed by atoms with E-state index in [-0.39, 0.29) is 12.1 Å². The average molecular weight is 279 g/mol. The number of nitrogens with two attached hydrogens (primary N) is 2. The fourth-order valence-electron chi connectivity index (χ4n) is 1.86. The number of hydrogen-bond acceptors (Lipinski definition) is 5. The molecule has 1 aromatic carbocycles. The number of ether oxygens (including phenoxy) is 1. The Kier molecular flexibility index (Phi) is 5.83. The first kappa shape index (κ1) is 15.8. The van der Waals surface area contributed by atoms with Crippen molar-refractivity contribution >= 4 is 23.3 Å². The van der Waals surface area contributed by atoms with Crippen LogP contribution in [0.5, 0.6) is 0 Å². The van der Waals surface area contributed by atoms with Crippen LogP contribution in [0.3, 0.4) is 0 Å². The van der Waals surface area contributed by atoms with E-state index in [1.54, 1.807) is 18.2 Å². The Bertz CT molecular complexity index is 489. The maximum atomic E-state index is 11.6. The maximum absolute atomic E-state index is 11.6. The summed E-state index contributed by atoms with van der Waals surface area (Å²) in [7, 11) is 1.30. The van der Waals surface area contributed by atoms with Crippen LogP contribution in [0.1, 0.15) is 30.1 Å². The second-order valence-electron chi connectivity index (χ2n) is 4.50. The van der Waals surface area contributed by atoms with E-state index in [4.69, 9.17) is 11.5 Å². The minimum Gasteiger partial charge on any atom is -0.465 e. The van der Waals surface area contributed by atoms with Gasteiger partial charge in [-0.15, -0.1) is 0 Å². The van der Waals surface area contributed by atoms with Crippen LogP contribution in [0.4, 0.5) is 11.4 Å². The van der Waals surface area contributed by atoms with Crippen LogP contribution in [-0.4, -0.2) is 32.1 Å². The Morgan fingerprint density at radius 1 is 1.35 bits per heavy atom. The largest absolute Gasteiger partial charge is 0.465 e. The van der Waals surface area contributed by atoms with E-state index in [2.05, 4.69) is 11.7 Å². The number of anilines is 2. The number of esters is 1. The number of unbranched alkanes of at least 4 members (excludes halogenated alkanes) is 1. The monoisotopic (exact) mass is 279 g/mol. The highest BCUT2D eigenvalue weighted by Crippen LogP contribution is 2.22. The summed E-state index contributed by atoms with van der Waals surface area (Å²) in [5, 5.41) is 0. The van der Waals surface area contributed by atoms with Crippen molar-refractivity contribution in [1.29, 1.82) is 0 Å². The molecule has 0 spiro atoms. The molecule has 0 aromatic heterocycles. The van der Waals surface area contributed by atoms with Crippen molar-refractivity contribution in [2.75, 3.05) is 30.8 Å². The summed E-state index contributed by atoms with van der Waals surface area (Å²) >= 11 is 0. The molecule has 1 aromatic rings. The Balaban J connectivity index is 3.06. The summed E-state index contributed by atoms with van der Waals surface area (Å²) in [6.45, 7) is 2.85. The quantitative estimate of drug-likeness (QED) is 0.576. The van der Waals surface area contributed by atoms with Crippen LogP contribution >= 0.6 is 0 Å². The number of methoxy groups -OCH3 is 1. The van der Waals surface area contributed by atoms with Gasteiger partial charge in [0.2, 0.25) is 5.91 Å². The fraction of sp³-hybridized carbons (Fsp3) is 0.429. The third-order valence-electron chi connectivity index (χ3n) is 2.94. The van der Waals surface area contributed by atoms with Gasteiger partial charge in [-0.3, -0.25) is 4.79 Å². The van der Waals surface area contributed by atoms with Crippen LogP contribution in [0.2, 0.25) is 0 Å². The number of benzene rings is 1. The summed E-state index contributed by atoms with van der Waals surface area (Å²) in [5.74, 6) is -0.920. The topological polar surface area (TPSA) is 98.6 Å². The molecule has 0 saturated carbocycles. The van der Waals surface area contributed by atoms with Crippen LogP contribution in [0.25, 0.3) is 0 Å². The third-order valence-corrected chi connectivity index (χ3v) is 2.94. The van der Waals surface area contributed by atoms with Gasteiger partial charge in [0.1, 0.15) is 0 Å². The SMILES string of the molecule is CCCCN(CC(N)=O)c1ccc(N)c(C(=O)OC)c1. The van der Waals surface area contributed by atoms with Gasteiger partial charge >= 0.3 is 5.97 Å². The number of amides is 1. The molecule has 0 saturated heterocycles. The molecule has 4 N–H and O–H groups in total. The van der Waals surface area contributed by atoms with E-state index in [9.17, 15) is 9.59 Å². The summed E-state index contributed by atoms with van der Waals surface area (Å²) in [4.78, 5) is 24.6. The zero-order chi connectivity index (χ0) is 15.1. The number of primary amides is 1. The molecule has 0 unspecified atom stereocenters. The molecule has 0 aliphatic carbocycles. The van der Waals surface area contributed by atoms with E-state index in [1.807, 2.05) is 4.90 Å². The third kappa shape index (κ3) is 4.15. The summed E-state index contributed by atoms with van der Waals surface area (Å²) < 4.78 is 4.68. The number of rotatable bonds is 7. The molecule has 1 rings (SSSR count). The molecule has 20 heavy (non-hydrogen) atoms. The molecule has 6 nitrogen and oxygen atoms in total. The Hall–Kier alpha value is -2.24. The molecule has 0 bridgehead atoms. The fourth-order valence-corrected chi connectivity index (χ4v) is 1.86. The van der Waals surface area contributed by atoms with Gasteiger partial charge in [0.25, 0.3) is 0 Å². The summed E-state index contributed by atoms with van der Waals surface area (Å²) in [6, 6.07) is 5.02. The Labute approximate surface area is 118 Å². The molecule has 0 radical (unpaired) electrons. The maximum Gasteiger partial charge on any atom is 0.340 e. The first-order valence-corrected chi connectivity index (χ1v) is 6.50.